The van der Waals surface area contributed by atoms with Crippen molar-refractivity contribution in [2.75, 3.05) is 6.54 Å². The Morgan fingerprint density at radius 1 is 1.15 bits per heavy atom. The molecule has 0 bridgehead atoms. The number of rotatable bonds is 3. The lowest BCUT2D eigenvalue weighted by molar-refractivity contribution is -0.118. The van der Waals surface area contributed by atoms with Crippen LogP contribution in [0, 0.1) is 6.92 Å². The highest BCUT2D eigenvalue weighted by molar-refractivity contribution is 6.07. The molecule has 6 heteroatoms. The summed E-state index contributed by atoms with van der Waals surface area (Å²) in [6.07, 6.45) is 0. The molecule has 1 aromatic heterocycles. The number of fused-ring (bicyclic) bond motifs is 3. The van der Waals surface area contributed by atoms with Crippen LogP contribution >= 0.6 is 0 Å². The Morgan fingerprint density at radius 3 is 2.62 bits per heavy atom. The predicted molar refractivity (Wildman–Crippen MR) is 99.9 cm³/mol. The highest BCUT2D eigenvalue weighted by Gasteiger charge is 2.27. The smallest absolute Gasteiger partial charge is 0.291 e. The number of aromatic nitrogens is 1. The Kier molecular flexibility index (Phi) is 3.80. The summed E-state index contributed by atoms with van der Waals surface area (Å²) in [7, 11) is 0. The first-order chi connectivity index (χ1) is 12.5. The minimum atomic E-state index is -0.602. The van der Waals surface area contributed by atoms with Crippen molar-refractivity contribution in [2.45, 2.75) is 13.5 Å². The van der Waals surface area contributed by atoms with E-state index in [1.165, 1.54) is 0 Å². The lowest BCUT2D eigenvalue weighted by atomic mass is 10.1. The minimum Gasteiger partial charge on any atom is -0.368 e. The second-order valence-electron chi connectivity index (χ2n) is 6.42. The lowest BCUT2D eigenvalue weighted by Gasteiger charge is -2.14. The van der Waals surface area contributed by atoms with Gasteiger partial charge >= 0.3 is 0 Å². The molecular weight excluding hydrogens is 328 g/mol. The van der Waals surface area contributed by atoms with Crippen molar-refractivity contribution in [2.24, 2.45) is 10.8 Å². The van der Waals surface area contributed by atoms with E-state index in [9.17, 15) is 9.59 Å². The van der Waals surface area contributed by atoms with Gasteiger partial charge in [-0.3, -0.25) is 9.59 Å². The number of aryl methyl sites for hydroxylation is 1. The molecular formula is C20H18N4O2. The van der Waals surface area contributed by atoms with E-state index in [2.05, 4.69) is 5.10 Å². The van der Waals surface area contributed by atoms with Gasteiger partial charge in [0, 0.05) is 10.9 Å². The molecule has 130 valence electrons. The zero-order valence-electron chi connectivity index (χ0n) is 14.3. The number of primary amides is 1. The average molecular weight is 346 g/mol. The van der Waals surface area contributed by atoms with E-state index < -0.39 is 5.91 Å². The molecule has 2 N–H and O–H groups in total. The van der Waals surface area contributed by atoms with Crippen LogP contribution in [0.2, 0.25) is 0 Å². The zero-order chi connectivity index (χ0) is 18.3. The Bertz CT molecular complexity index is 1050. The Morgan fingerprint density at radius 2 is 1.88 bits per heavy atom. The largest absolute Gasteiger partial charge is 0.368 e. The highest BCUT2D eigenvalue weighted by Crippen LogP contribution is 2.24. The first kappa shape index (κ1) is 16.1. The molecule has 2 heterocycles. The fraction of sp³-hybridized carbons (Fsp3) is 0.150. The van der Waals surface area contributed by atoms with Crippen molar-refractivity contribution in [1.29, 1.82) is 0 Å². The number of carbonyl (C=O) groups excluding carboxylic acids is 2. The molecule has 2 aromatic carbocycles. The Hall–Kier alpha value is -3.41. The molecule has 0 fully saturated rings. The normalized spacial score (nSPS) is 14.1. The average Bonchev–Trinajstić information content (AvgIpc) is 2.92. The molecule has 26 heavy (non-hydrogen) atoms. The molecule has 4 rings (SSSR count). The predicted octanol–water partition coefficient (Wildman–Crippen LogP) is 2.30. The van der Waals surface area contributed by atoms with Crippen LogP contribution in [0.1, 0.15) is 21.6 Å². The quantitative estimate of drug-likeness (QED) is 0.789. The number of hydrogen-bond donors (Lipinski definition) is 1. The summed E-state index contributed by atoms with van der Waals surface area (Å²) >= 11 is 0. The third kappa shape index (κ3) is 2.75. The van der Waals surface area contributed by atoms with Crippen molar-refractivity contribution in [1.82, 2.24) is 9.58 Å². The van der Waals surface area contributed by atoms with Gasteiger partial charge in [0.15, 0.2) is 0 Å². The molecule has 1 aliphatic heterocycles. The molecule has 0 unspecified atom stereocenters. The number of hydrazone groups is 1. The maximum absolute atomic E-state index is 13.0. The number of amides is 2. The van der Waals surface area contributed by atoms with Crippen molar-refractivity contribution >= 4 is 28.4 Å². The van der Waals surface area contributed by atoms with Gasteiger partial charge in [-0.25, -0.2) is 5.01 Å². The van der Waals surface area contributed by atoms with Gasteiger partial charge < -0.3 is 10.3 Å². The van der Waals surface area contributed by atoms with Gasteiger partial charge in [0.25, 0.3) is 5.91 Å². The number of nitrogens with zero attached hydrogens (tertiary/aromatic N) is 3. The van der Waals surface area contributed by atoms with Crippen LogP contribution in [0.25, 0.3) is 10.9 Å². The first-order valence-electron chi connectivity index (χ1n) is 8.36. The topological polar surface area (TPSA) is 80.7 Å². The van der Waals surface area contributed by atoms with Crippen LogP contribution < -0.4 is 5.73 Å². The SMILES string of the molecule is Cc1ccc(C2=NN(CC(N)=O)C(=O)c3cc4ccccc4n3C2)cc1. The van der Waals surface area contributed by atoms with Gasteiger partial charge in [-0.2, -0.15) is 5.10 Å². The third-order valence-corrected chi connectivity index (χ3v) is 4.50. The van der Waals surface area contributed by atoms with E-state index >= 15 is 0 Å². The second-order valence-corrected chi connectivity index (χ2v) is 6.42. The van der Waals surface area contributed by atoms with E-state index in [-0.39, 0.29) is 12.5 Å². The van der Waals surface area contributed by atoms with Gasteiger partial charge in [-0.15, -0.1) is 0 Å². The van der Waals surface area contributed by atoms with Crippen LogP contribution in [0.4, 0.5) is 0 Å². The summed E-state index contributed by atoms with van der Waals surface area (Å²) in [4.78, 5) is 24.4. The van der Waals surface area contributed by atoms with Crippen molar-refractivity contribution in [3.05, 3.63) is 71.4 Å². The van der Waals surface area contributed by atoms with Crippen molar-refractivity contribution < 1.29 is 9.59 Å². The summed E-state index contributed by atoms with van der Waals surface area (Å²) in [5.41, 5.74) is 9.53. The first-order valence-corrected chi connectivity index (χ1v) is 8.36. The van der Waals surface area contributed by atoms with Gasteiger partial charge in [-0.1, -0.05) is 48.0 Å². The zero-order valence-corrected chi connectivity index (χ0v) is 14.3. The molecule has 3 aromatic rings. The summed E-state index contributed by atoms with van der Waals surface area (Å²) in [6.45, 7) is 2.20. The molecule has 0 radical (unpaired) electrons. The van der Waals surface area contributed by atoms with Crippen molar-refractivity contribution in [3.63, 3.8) is 0 Å². The third-order valence-electron chi connectivity index (χ3n) is 4.50. The lowest BCUT2D eigenvalue weighted by Crippen LogP contribution is -2.35. The fourth-order valence-corrected chi connectivity index (χ4v) is 3.21. The number of nitrogens with two attached hydrogens (primary N) is 1. The number of hydrogen-bond acceptors (Lipinski definition) is 3. The van der Waals surface area contributed by atoms with E-state index in [1.807, 2.05) is 66.1 Å². The Labute approximate surface area is 150 Å². The van der Waals surface area contributed by atoms with Crippen molar-refractivity contribution in [3.8, 4) is 0 Å². The van der Waals surface area contributed by atoms with Gasteiger partial charge in [-0.05, 0) is 24.6 Å². The second kappa shape index (κ2) is 6.15. The summed E-state index contributed by atoms with van der Waals surface area (Å²) in [5, 5.41) is 6.60. The van der Waals surface area contributed by atoms with Gasteiger partial charge in [0.05, 0.1) is 12.3 Å². The molecule has 0 atom stereocenters. The standard InChI is InChI=1S/C20H18N4O2/c1-13-6-8-14(9-7-13)16-11-23-17-5-3-2-4-15(17)10-18(23)20(26)24(22-16)12-19(21)25/h2-10H,11-12H2,1H3,(H2,21,25). The maximum Gasteiger partial charge on any atom is 0.291 e. The van der Waals surface area contributed by atoms with E-state index in [1.54, 1.807) is 0 Å². The monoisotopic (exact) mass is 346 g/mol. The van der Waals surface area contributed by atoms with Gasteiger partial charge in [0.1, 0.15) is 12.2 Å². The van der Waals surface area contributed by atoms with Crippen LogP contribution in [-0.4, -0.2) is 33.6 Å². The van der Waals surface area contributed by atoms with Crippen LogP contribution in [0.5, 0.6) is 0 Å². The molecule has 2 amide bonds. The van der Waals surface area contributed by atoms with Crippen LogP contribution in [0.15, 0.2) is 59.7 Å². The van der Waals surface area contributed by atoms with Crippen LogP contribution in [-0.2, 0) is 11.3 Å². The molecule has 0 saturated heterocycles. The number of carbonyl (C=O) groups is 2. The number of para-hydroxylation sites is 1. The van der Waals surface area contributed by atoms with Crippen LogP contribution in [0.3, 0.4) is 0 Å². The molecule has 0 spiro atoms. The maximum atomic E-state index is 13.0. The summed E-state index contributed by atoms with van der Waals surface area (Å²) in [5.74, 6) is -0.933. The molecule has 0 aliphatic carbocycles. The van der Waals surface area contributed by atoms with E-state index in [4.69, 9.17) is 5.73 Å². The molecule has 6 nitrogen and oxygen atoms in total. The minimum absolute atomic E-state index is 0.254. The molecule has 1 aliphatic rings. The highest BCUT2D eigenvalue weighted by atomic mass is 16.2. The molecule has 0 saturated carbocycles. The van der Waals surface area contributed by atoms with E-state index in [0.29, 0.717) is 18.0 Å². The Balaban J connectivity index is 1.89. The number of benzene rings is 2. The van der Waals surface area contributed by atoms with E-state index in [0.717, 1.165) is 27.0 Å². The fourth-order valence-electron chi connectivity index (χ4n) is 3.21. The summed E-state index contributed by atoms with van der Waals surface area (Å²) in [6, 6.07) is 17.6. The van der Waals surface area contributed by atoms with Gasteiger partial charge in [0.2, 0.25) is 5.91 Å². The summed E-state index contributed by atoms with van der Waals surface area (Å²) < 4.78 is 1.94.